The number of carbonyl (C=O) groups excluding carboxylic acids is 1. The van der Waals surface area contributed by atoms with E-state index in [2.05, 4.69) is 22.9 Å². The lowest BCUT2D eigenvalue weighted by molar-refractivity contribution is 0.138. The Morgan fingerprint density at radius 2 is 1.79 bits per heavy atom. The van der Waals surface area contributed by atoms with Crippen molar-refractivity contribution in [2.45, 2.75) is 13.8 Å². The van der Waals surface area contributed by atoms with Crippen LogP contribution in [-0.4, -0.2) is 45.4 Å². The molecule has 0 fully saturated rings. The van der Waals surface area contributed by atoms with E-state index in [1.807, 2.05) is 6.92 Å². The van der Waals surface area contributed by atoms with Gasteiger partial charge in [-0.1, -0.05) is 6.92 Å². The van der Waals surface area contributed by atoms with E-state index in [1.165, 1.54) is 0 Å². The molecule has 5 heteroatoms. The highest BCUT2D eigenvalue weighted by molar-refractivity contribution is 5.73. The van der Waals surface area contributed by atoms with Crippen LogP contribution in [0.15, 0.2) is 0 Å². The molecule has 0 unspecified atom stereocenters. The fraction of sp³-hybridized carbons (Fsp3) is 0.889. The Labute approximate surface area is 85.6 Å². The van der Waals surface area contributed by atoms with Crippen LogP contribution in [0.1, 0.15) is 13.8 Å². The molecule has 84 valence electrons. The molecule has 0 atom stereocenters. The van der Waals surface area contributed by atoms with Crippen molar-refractivity contribution in [1.29, 1.82) is 0 Å². The van der Waals surface area contributed by atoms with Gasteiger partial charge in [-0.2, -0.15) is 0 Å². The molecule has 0 aliphatic rings. The summed E-state index contributed by atoms with van der Waals surface area (Å²) in [6.07, 6.45) is 0. The van der Waals surface area contributed by atoms with Crippen molar-refractivity contribution in [3.8, 4) is 0 Å². The Morgan fingerprint density at radius 1 is 1.07 bits per heavy atom. The van der Waals surface area contributed by atoms with Gasteiger partial charge in [0.1, 0.15) is 0 Å². The van der Waals surface area contributed by atoms with Gasteiger partial charge in [-0.3, -0.25) is 0 Å². The predicted octanol–water partition coefficient (Wildman–Crippen LogP) is -0.0684. The lowest BCUT2D eigenvalue weighted by atomic mass is 10.6. The molecule has 0 bridgehead atoms. The van der Waals surface area contributed by atoms with E-state index in [0.717, 1.165) is 13.1 Å². The smallest absolute Gasteiger partial charge is 0.314 e. The second kappa shape index (κ2) is 10.3. The number of hydrogen-bond acceptors (Lipinski definition) is 3. The van der Waals surface area contributed by atoms with Crippen LogP contribution < -0.4 is 16.0 Å². The van der Waals surface area contributed by atoms with Gasteiger partial charge in [-0.15, -0.1) is 0 Å². The van der Waals surface area contributed by atoms with Gasteiger partial charge in [-0.25, -0.2) is 4.79 Å². The second-order valence-electron chi connectivity index (χ2n) is 2.75. The number of hydrogen-bond donors (Lipinski definition) is 3. The maximum Gasteiger partial charge on any atom is 0.314 e. The van der Waals surface area contributed by atoms with E-state index in [9.17, 15) is 4.79 Å². The first-order chi connectivity index (χ1) is 6.81. The van der Waals surface area contributed by atoms with Crippen LogP contribution in [0.2, 0.25) is 0 Å². The molecule has 0 aromatic rings. The minimum absolute atomic E-state index is 0.136. The van der Waals surface area contributed by atoms with E-state index < -0.39 is 0 Å². The fourth-order valence-electron chi connectivity index (χ4n) is 0.883. The first-order valence-corrected chi connectivity index (χ1v) is 5.11. The highest BCUT2D eigenvalue weighted by Crippen LogP contribution is 1.72. The number of urea groups is 1. The van der Waals surface area contributed by atoms with E-state index in [-0.39, 0.29) is 6.03 Å². The molecule has 0 heterocycles. The van der Waals surface area contributed by atoms with Crippen molar-refractivity contribution >= 4 is 6.03 Å². The highest BCUT2D eigenvalue weighted by atomic mass is 16.5. The Kier molecular flexibility index (Phi) is 9.68. The van der Waals surface area contributed by atoms with Gasteiger partial charge in [0.15, 0.2) is 0 Å². The molecule has 0 radical (unpaired) electrons. The molecule has 0 aromatic heterocycles. The van der Waals surface area contributed by atoms with Gasteiger partial charge in [0.2, 0.25) is 0 Å². The van der Waals surface area contributed by atoms with Crippen LogP contribution in [0, 0.1) is 0 Å². The summed E-state index contributed by atoms with van der Waals surface area (Å²) in [5.74, 6) is 0. The normalized spacial score (nSPS) is 9.86. The monoisotopic (exact) mass is 203 g/mol. The van der Waals surface area contributed by atoms with Crippen LogP contribution in [0.25, 0.3) is 0 Å². The molecule has 0 saturated heterocycles. The van der Waals surface area contributed by atoms with Gasteiger partial charge in [-0.05, 0) is 13.5 Å². The molecule has 0 aliphatic carbocycles. The third-order valence-electron chi connectivity index (χ3n) is 1.54. The number of nitrogens with one attached hydrogen (secondary N) is 3. The number of likely N-dealkylation sites (N-methyl/N-ethyl adjacent to an activating group) is 1. The van der Waals surface area contributed by atoms with Crippen molar-refractivity contribution < 1.29 is 9.53 Å². The van der Waals surface area contributed by atoms with E-state index in [4.69, 9.17) is 4.74 Å². The van der Waals surface area contributed by atoms with Crippen LogP contribution in [-0.2, 0) is 4.74 Å². The zero-order chi connectivity index (χ0) is 10.6. The average molecular weight is 203 g/mol. The zero-order valence-corrected chi connectivity index (χ0v) is 9.06. The summed E-state index contributed by atoms with van der Waals surface area (Å²) >= 11 is 0. The van der Waals surface area contributed by atoms with E-state index >= 15 is 0 Å². The Morgan fingerprint density at radius 3 is 2.43 bits per heavy atom. The van der Waals surface area contributed by atoms with Gasteiger partial charge in [0.05, 0.1) is 13.2 Å². The van der Waals surface area contributed by atoms with Crippen molar-refractivity contribution in [2.75, 3.05) is 39.4 Å². The number of rotatable bonds is 8. The van der Waals surface area contributed by atoms with Crippen molar-refractivity contribution in [1.82, 2.24) is 16.0 Å². The van der Waals surface area contributed by atoms with Crippen molar-refractivity contribution in [2.24, 2.45) is 0 Å². The quantitative estimate of drug-likeness (QED) is 0.484. The average Bonchev–Trinajstić information content (AvgIpc) is 2.17. The topological polar surface area (TPSA) is 62.4 Å². The molecule has 0 aromatic carbocycles. The van der Waals surface area contributed by atoms with Gasteiger partial charge in [0.25, 0.3) is 0 Å². The summed E-state index contributed by atoms with van der Waals surface area (Å²) in [6.45, 7) is 8.19. The van der Waals surface area contributed by atoms with Crippen molar-refractivity contribution in [3.63, 3.8) is 0 Å². The van der Waals surface area contributed by atoms with Crippen LogP contribution in [0.5, 0.6) is 0 Å². The van der Waals surface area contributed by atoms with Crippen molar-refractivity contribution in [3.05, 3.63) is 0 Å². The number of carbonyl (C=O) groups is 1. The summed E-state index contributed by atoms with van der Waals surface area (Å²) in [5.41, 5.74) is 0. The van der Waals surface area contributed by atoms with Gasteiger partial charge in [0, 0.05) is 19.6 Å². The Hall–Kier alpha value is -0.810. The fourth-order valence-corrected chi connectivity index (χ4v) is 0.883. The molecular formula is C9H21N3O2. The SMILES string of the molecule is CCNCCOCCNC(=O)NCC. The number of amides is 2. The van der Waals surface area contributed by atoms with Crippen LogP contribution in [0.4, 0.5) is 4.79 Å². The second-order valence-corrected chi connectivity index (χ2v) is 2.75. The molecule has 0 rings (SSSR count). The largest absolute Gasteiger partial charge is 0.378 e. The summed E-state index contributed by atoms with van der Waals surface area (Å²) in [7, 11) is 0. The lowest BCUT2D eigenvalue weighted by Gasteiger charge is -2.06. The third-order valence-corrected chi connectivity index (χ3v) is 1.54. The minimum Gasteiger partial charge on any atom is -0.378 e. The number of ether oxygens (including phenoxy) is 1. The summed E-state index contributed by atoms with van der Waals surface area (Å²) in [6, 6.07) is -0.136. The van der Waals surface area contributed by atoms with Crippen LogP contribution >= 0.6 is 0 Å². The molecule has 3 N–H and O–H groups in total. The predicted molar refractivity (Wildman–Crippen MR) is 56.4 cm³/mol. The van der Waals surface area contributed by atoms with Gasteiger partial charge >= 0.3 is 6.03 Å². The minimum atomic E-state index is -0.136. The standard InChI is InChI=1S/C9H21N3O2/c1-3-10-5-7-14-8-6-12-9(13)11-4-2/h10H,3-8H2,1-2H3,(H2,11,12,13). The zero-order valence-electron chi connectivity index (χ0n) is 9.06. The Balaban J connectivity index is 3.01. The third kappa shape index (κ3) is 9.28. The first kappa shape index (κ1) is 13.2. The summed E-state index contributed by atoms with van der Waals surface area (Å²) in [4.78, 5) is 10.9. The summed E-state index contributed by atoms with van der Waals surface area (Å²) in [5, 5.41) is 8.46. The highest BCUT2D eigenvalue weighted by Gasteiger charge is 1.95. The van der Waals surface area contributed by atoms with E-state index in [0.29, 0.717) is 26.3 Å². The molecule has 2 amide bonds. The molecule has 5 nitrogen and oxygen atoms in total. The lowest BCUT2D eigenvalue weighted by Crippen LogP contribution is -2.37. The molecule has 0 saturated carbocycles. The maximum atomic E-state index is 10.9. The molecule has 14 heavy (non-hydrogen) atoms. The van der Waals surface area contributed by atoms with E-state index in [1.54, 1.807) is 0 Å². The van der Waals surface area contributed by atoms with Gasteiger partial charge < -0.3 is 20.7 Å². The molecule has 0 aliphatic heterocycles. The van der Waals surface area contributed by atoms with Crippen LogP contribution in [0.3, 0.4) is 0 Å². The first-order valence-electron chi connectivity index (χ1n) is 5.11. The molecule has 0 spiro atoms. The maximum absolute atomic E-state index is 10.9. The molecular weight excluding hydrogens is 182 g/mol. The Bertz CT molecular complexity index is 142. The summed E-state index contributed by atoms with van der Waals surface area (Å²) < 4.78 is 5.26.